The van der Waals surface area contributed by atoms with Gasteiger partial charge in [0, 0.05) is 6.20 Å². The summed E-state index contributed by atoms with van der Waals surface area (Å²) in [6, 6.07) is 0. The Morgan fingerprint density at radius 3 is 2.94 bits per heavy atom. The van der Waals surface area contributed by atoms with Crippen molar-refractivity contribution < 1.29 is 17.7 Å². The van der Waals surface area contributed by atoms with Crippen LogP contribution in [0.4, 0.5) is 13.2 Å². The maximum absolute atomic E-state index is 12.7. The van der Waals surface area contributed by atoms with Crippen LogP contribution >= 0.6 is 11.5 Å². The second-order valence-corrected chi connectivity index (χ2v) is 3.97. The van der Waals surface area contributed by atoms with E-state index in [0.29, 0.717) is 17.0 Å². The molecule has 88 valence electrons. The first kappa shape index (κ1) is 10.3. The second-order valence-electron chi connectivity index (χ2n) is 3.22. The summed E-state index contributed by atoms with van der Waals surface area (Å²) < 4.78 is 46.2. The fourth-order valence-corrected chi connectivity index (χ4v) is 2.03. The van der Waals surface area contributed by atoms with Gasteiger partial charge in [0.1, 0.15) is 11.2 Å². The summed E-state index contributed by atoms with van der Waals surface area (Å²) in [5.74, 6) is 0. The Hall–Kier alpha value is -1.90. The quantitative estimate of drug-likeness (QED) is 0.730. The number of hydrogen-bond donors (Lipinski definition) is 1. The monoisotopic (exact) mass is 260 g/mol. The first-order chi connectivity index (χ1) is 8.07. The van der Waals surface area contributed by atoms with Gasteiger partial charge < -0.3 is 9.51 Å². The molecule has 0 saturated carbocycles. The Balaban J connectivity index is 2.24. The van der Waals surface area contributed by atoms with Crippen LogP contribution in [0.5, 0.6) is 0 Å². The number of aromatic nitrogens is 4. The summed E-state index contributed by atoms with van der Waals surface area (Å²) in [5.41, 5.74) is 0.716. The third-order valence-electron chi connectivity index (χ3n) is 2.19. The molecule has 0 amide bonds. The Morgan fingerprint density at radius 1 is 1.35 bits per heavy atom. The SMILES string of the molecule is FC(F)(F)c1snnc1-c1c[nH]c2cnoc12. The number of hydrogen-bond acceptors (Lipinski definition) is 5. The van der Waals surface area contributed by atoms with Crippen LogP contribution in [0.3, 0.4) is 0 Å². The number of fused-ring (bicyclic) bond motifs is 1. The average molecular weight is 260 g/mol. The summed E-state index contributed by atoms with van der Waals surface area (Å²) >= 11 is 0.304. The molecule has 0 atom stereocenters. The third kappa shape index (κ3) is 1.50. The number of rotatable bonds is 1. The molecule has 0 fully saturated rings. The average Bonchev–Trinajstić information content (AvgIpc) is 2.90. The molecule has 0 aliphatic carbocycles. The first-order valence-corrected chi connectivity index (χ1v) is 5.16. The highest BCUT2D eigenvalue weighted by atomic mass is 32.1. The number of aromatic amines is 1. The molecule has 3 heterocycles. The lowest BCUT2D eigenvalue weighted by molar-refractivity contribution is -0.134. The van der Waals surface area contributed by atoms with Gasteiger partial charge in [-0.25, -0.2) is 0 Å². The van der Waals surface area contributed by atoms with E-state index in [1.807, 2.05) is 0 Å². The van der Waals surface area contributed by atoms with Crippen LogP contribution < -0.4 is 0 Å². The van der Waals surface area contributed by atoms with E-state index in [1.54, 1.807) is 0 Å². The molecule has 9 heteroatoms. The Morgan fingerprint density at radius 2 is 2.18 bits per heavy atom. The standard InChI is InChI=1S/C8H3F3N4OS/c9-8(10,11)7-5(14-15-17-7)3-1-12-4-2-13-16-6(3)4/h1-2,12H. The maximum Gasteiger partial charge on any atom is 0.429 e. The summed E-state index contributed by atoms with van der Waals surface area (Å²) in [6.45, 7) is 0. The summed E-state index contributed by atoms with van der Waals surface area (Å²) in [7, 11) is 0. The van der Waals surface area contributed by atoms with E-state index < -0.39 is 11.1 Å². The minimum absolute atomic E-state index is 0.207. The molecule has 5 nitrogen and oxygen atoms in total. The van der Waals surface area contributed by atoms with Crippen molar-refractivity contribution in [3.05, 3.63) is 17.3 Å². The van der Waals surface area contributed by atoms with Gasteiger partial charge in [-0.2, -0.15) is 13.2 Å². The van der Waals surface area contributed by atoms with E-state index in [-0.39, 0.29) is 16.8 Å². The molecular formula is C8H3F3N4OS. The van der Waals surface area contributed by atoms with Crippen molar-refractivity contribution in [3.63, 3.8) is 0 Å². The van der Waals surface area contributed by atoms with Gasteiger partial charge >= 0.3 is 6.18 Å². The Bertz CT molecular complexity index is 667. The Kier molecular flexibility index (Phi) is 1.99. The van der Waals surface area contributed by atoms with Crippen molar-refractivity contribution in [2.75, 3.05) is 0 Å². The van der Waals surface area contributed by atoms with Crippen LogP contribution in [-0.4, -0.2) is 19.7 Å². The number of halogens is 3. The molecule has 0 aliphatic rings. The lowest BCUT2D eigenvalue weighted by atomic mass is 10.2. The van der Waals surface area contributed by atoms with Gasteiger partial charge in [-0.05, 0) is 11.5 Å². The van der Waals surface area contributed by atoms with Gasteiger partial charge in [0.25, 0.3) is 0 Å². The third-order valence-corrected chi connectivity index (χ3v) is 2.96. The lowest BCUT2D eigenvalue weighted by Gasteiger charge is -2.02. The molecule has 1 N–H and O–H groups in total. The highest BCUT2D eigenvalue weighted by Crippen LogP contribution is 2.40. The van der Waals surface area contributed by atoms with Crippen LogP contribution in [0.2, 0.25) is 0 Å². The zero-order chi connectivity index (χ0) is 12.0. The predicted molar refractivity (Wildman–Crippen MR) is 52.3 cm³/mol. The Labute approximate surface area is 95.4 Å². The minimum Gasteiger partial charge on any atom is -0.356 e. The van der Waals surface area contributed by atoms with E-state index in [4.69, 9.17) is 4.52 Å². The molecule has 0 aromatic carbocycles. The summed E-state index contributed by atoms with van der Waals surface area (Å²) in [4.78, 5) is 1.90. The van der Waals surface area contributed by atoms with Crippen molar-refractivity contribution in [2.24, 2.45) is 0 Å². The van der Waals surface area contributed by atoms with Crippen LogP contribution in [0.25, 0.3) is 22.4 Å². The van der Waals surface area contributed by atoms with E-state index >= 15 is 0 Å². The summed E-state index contributed by atoms with van der Waals surface area (Å²) in [6.07, 6.45) is -1.71. The highest BCUT2D eigenvalue weighted by molar-refractivity contribution is 7.06. The van der Waals surface area contributed by atoms with Crippen molar-refractivity contribution in [1.29, 1.82) is 0 Å². The van der Waals surface area contributed by atoms with Crippen LogP contribution in [-0.2, 0) is 6.18 Å². The minimum atomic E-state index is -4.48. The fraction of sp³-hybridized carbons (Fsp3) is 0.125. The predicted octanol–water partition coefficient (Wildman–Crippen LogP) is 2.69. The molecule has 3 aromatic heterocycles. The van der Waals surface area contributed by atoms with Crippen LogP contribution in [0.1, 0.15) is 4.88 Å². The van der Waals surface area contributed by atoms with Crippen LogP contribution in [0, 0.1) is 0 Å². The zero-order valence-electron chi connectivity index (χ0n) is 7.95. The smallest absolute Gasteiger partial charge is 0.356 e. The molecule has 0 bridgehead atoms. The van der Waals surface area contributed by atoms with E-state index in [1.165, 1.54) is 12.4 Å². The molecule has 3 rings (SSSR count). The first-order valence-electron chi connectivity index (χ1n) is 4.39. The van der Waals surface area contributed by atoms with Crippen LogP contribution in [0.15, 0.2) is 16.9 Å². The molecule has 3 aromatic rings. The molecule has 0 aliphatic heterocycles. The lowest BCUT2D eigenvalue weighted by Crippen LogP contribution is -2.03. The number of nitrogens with zero attached hydrogens (tertiary/aromatic N) is 3. The van der Waals surface area contributed by atoms with Gasteiger partial charge in [-0.3, -0.25) is 0 Å². The topological polar surface area (TPSA) is 67.6 Å². The van der Waals surface area contributed by atoms with Crippen molar-refractivity contribution >= 4 is 22.6 Å². The maximum atomic E-state index is 12.7. The summed E-state index contributed by atoms with van der Waals surface area (Å²) in [5, 5.41) is 6.99. The van der Waals surface area contributed by atoms with Gasteiger partial charge in [0.15, 0.2) is 10.5 Å². The normalized spacial score (nSPS) is 12.4. The van der Waals surface area contributed by atoms with Crippen molar-refractivity contribution in [2.45, 2.75) is 6.18 Å². The number of nitrogens with one attached hydrogen (secondary N) is 1. The molecule has 0 spiro atoms. The molecule has 0 radical (unpaired) electrons. The van der Waals surface area contributed by atoms with Gasteiger partial charge in [0.2, 0.25) is 0 Å². The van der Waals surface area contributed by atoms with Crippen molar-refractivity contribution in [3.8, 4) is 11.3 Å². The van der Waals surface area contributed by atoms with E-state index in [9.17, 15) is 13.2 Å². The second kappa shape index (κ2) is 3.29. The number of H-pyrrole nitrogens is 1. The van der Waals surface area contributed by atoms with E-state index in [0.717, 1.165) is 0 Å². The largest absolute Gasteiger partial charge is 0.429 e. The van der Waals surface area contributed by atoms with Gasteiger partial charge in [0.05, 0.1) is 11.8 Å². The molecular weight excluding hydrogens is 257 g/mol. The van der Waals surface area contributed by atoms with Gasteiger partial charge in [-0.15, -0.1) is 5.10 Å². The fourth-order valence-electron chi connectivity index (χ4n) is 1.48. The molecule has 17 heavy (non-hydrogen) atoms. The van der Waals surface area contributed by atoms with Crippen molar-refractivity contribution in [1.82, 2.24) is 19.7 Å². The van der Waals surface area contributed by atoms with E-state index in [2.05, 4.69) is 19.7 Å². The molecule has 0 unspecified atom stereocenters. The van der Waals surface area contributed by atoms with Gasteiger partial charge in [-0.1, -0.05) is 9.64 Å². The zero-order valence-corrected chi connectivity index (χ0v) is 8.76. The molecule has 0 saturated heterocycles. The number of alkyl halides is 3. The highest BCUT2D eigenvalue weighted by Gasteiger charge is 2.38.